The summed E-state index contributed by atoms with van der Waals surface area (Å²) in [6.07, 6.45) is 2.84. The largest absolute Gasteiger partial charge is 0.455 e. The van der Waals surface area contributed by atoms with Crippen LogP contribution in [0.4, 0.5) is 4.20 Å². The maximum atomic E-state index is 11.9. The third-order valence-corrected chi connectivity index (χ3v) is 3.02. The Morgan fingerprint density at radius 1 is 1.69 bits per heavy atom. The SMILES string of the molecule is C/C=C\COS(=O)(=O)NP(=O)(O)F. The quantitative estimate of drug-likeness (QED) is 0.532. The average molecular weight is 233 g/mol. The van der Waals surface area contributed by atoms with Crippen LogP contribution in [0.5, 0.6) is 0 Å². The second kappa shape index (κ2) is 4.83. The molecule has 0 aromatic heterocycles. The van der Waals surface area contributed by atoms with Crippen LogP contribution in [-0.4, -0.2) is 19.9 Å². The van der Waals surface area contributed by atoms with Gasteiger partial charge in [-0.15, -0.1) is 4.20 Å². The van der Waals surface area contributed by atoms with E-state index in [1.165, 1.54) is 12.2 Å². The predicted molar refractivity (Wildman–Crippen MR) is 43.8 cm³/mol. The van der Waals surface area contributed by atoms with Gasteiger partial charge in [-0.3, -0.25) is 4.18 Å². The van der Waals surface area contributed by atoms with E-state index in [-0.39, 0.29) is 6.61 Å². The lowest BCUT2D eigenvalue weighted by Gasteiger charge is -2.04. The van der Waals surface area contributed by atoms with Gasteiger partial charge in [0.1, 0.15) is 0 Å². The molecule has 0 rings (SSSR count). The third kappa shape index (κ3) is 8.07. The minimum Gasteiger partial charge on any atom is -0.309 e. The second-order valence-corrected chi connectivity index (χ2v) is 4.78. The molecule has 0 aliphatic carbocycles. The molecule has 0 aliphatic rings. The van der Waals surface area contributed by atoms with Crippen molar-refractivity contribution >= 4 is 18.1 Å². The fourth-order valence-corrected chi connectivity index (χ4v) is 1.96. The first-order chi connectivity index (χ1) is 5.77. The highest BCUT2D eigenvalue weighted by atomic mass is 32.2. The zero-order chi connectivity index (χ0) is 10.5. The molecule has 0 amide bonds. The molecule has 0 heterocycles. The molecule has 13 heavy (non-hydrogen) atoms. The molecule has 0 aromatic carbocycles. The Balaban J connectivity index is 4.19. The Kier molecular flexibility index (Phi) is 4.72. The van der Waals surface area contributed by atoms with Crippen LogP contribution < -0.4 is 4.49 Å². The summed E-state index contributed by atoms with van der Waals surface area (Å²) in [6.45, 7) is 1.29. The molecule has 0 aliphatic heterocycles. The highest BCUT2D eigenvalue weighted by molar-refractivity contribution is 7.90. The summed E-state index contributed by atoms with van der Waals surface area (Å²) in [7, 11) is -9.82. The molecular weight excluding hydrogens is 224 g/mol. The number of hydrogen-bond acceptors (Lipinski definition) is 4. The third-order valence-electron chi connectivity index (χ3n) is 0.780. The van der Waals surface area contributed by atoms with Gasteiger partial charge in [0.15, 0.2) is 0 Å². The van der Waals surface area contributed by atoms with E-state index in [0.717, 1.165) is 4.49 Å². The molecule has 0 saturated heterocycles. The van der Waals surface area contributed by atoms with Crippen molar-refractivity contribution in [2.75, 3.05) is 6.61 Å². The fourth-order valence-electron chi connectivity index (χ4n) is 0.389. The minimum atomic E-state index is -5.32. The first-order valence-electron chi connectivity index (χ1n) is 3.09. The van der Waals surface area contributed by atoms with Crippen LogP contribution in [0, 0.1) is 0 Å². The van der Waals surface area contributed by atoms with E-state index in [0.29, 0.717) is 0 Å². The van der Waals surface area contributed by atoms with Crippen LogP contribution in [-0.2, 0) is 19.1 Å². The maximum absolute atomic E-state index is 11.9. The molecule has 0 fully saturated rings. The normalized spacial score (nSPS) is 17.5. The van der Waals surface area contributed by atoms with Gasteiger partial charge in [0.05, 0.1) is 6.61 Å². The molecule has 0 saturated carbocycles. The lowest BCUT2D eigenvalue weighted by Crippen LogP contribution is -2.21. The number of halogens is 1. The van der Waals surface area contributed by atoms with Crippen molar-refractivity contribution in [3.8, 4) is 0 Å². The lowest BCUT2D eigenvalue weighted by atomic mass is 10.6. The summed E-state index contributed by atoms with van der Waals surface area (Å²) in [5.74, 6) is 0. The summed E-state index contributed by atoms with van der Waals surface area (Å²) in [5, 5.41) is 0. The monoisotopic (exact) mass is 233 g/mol. The van der Waals surface area contributed by atoms with Crippen LogP contribution in [0.2, 0.25) is 0 Å². The van der Waals surface area contributed by atoms with Crippen molar-refractivity contribution in [3.63, 3.8) is 0 Å². The first-order valence-corrected chi connectivity index (χ1v) is 6.05. The first kappa shape index (κ1) is 12.7. The van der Waals surface area contributed by atoms with Crippen LogP contribution in [0.15, 0.2) is 12.2 Å². The van der Waals surface area contributed by atoms with E-state index < -0.39 is 18.1 Å². The number of rotatable bonds is 5. The molecule has 2 N–H and O–H groups in total. The zero-order valence-electron chi connectivity index (χ0n) is 6.68. The van der Waals surface area contributed by atoms with E-state index in [1.54, 1.807) is 6.92 Å². The smallest absolute Gasteiger partial charge is 0.309 e. The number of hydrogen-bond donors (Lipinski definition) is 2. The van der Waals surface area contributed by atoms with E-state index in [4.69, 9.17) is 4.89 Å². The number of allylic oxidation sites excluding steroid dienone is 1. The van der Waals surface area contributed by atoms with Gasteiger partial charge in [0.2, 0.25) is 0 Å². The van der Waals surface area contributed by atoms with Crippen LogP contribution in [0.25, 0.3) is 0 Å². The van der Waals surface area contributed by atoms with Crippen LogP contribution >= 0.6 is 7.83 Å². The Morgan fingerprint density at radius 2 is 2.23 bits per heavy atom. The molecule has 0 radical (unpaired) electrons. The van der Waals surface area contributed by atoms with Crippen LogP contribution in [0.3, 0.4) is 0 Å². The number of nitrogens with one attached hydrogen (secondary N) is 1. The Morgan fingerprint density at radius 3 is 2.62 bits per heavy atom. The van der Waals surface area contributed by atoms with Gasteiger partial charge in [-0.05, 0) is 6.92 Å². The van der Waals surface area contributed by atoms with Crippen molar-refractivity contribution in [3.05, 3.63) is 12.2 Å². The molecule has 6 nitrogen and oxygen atoms in total. The van der Waals surface area contributed by atoms with Crippen molar-refractivity contribution in [2.24, 2.45) is 0 Å². The molecule has 78 valence electrons. The fraction of sp³-hybridized carbons (Fsp3) is 0.500. The summed E-state index contributed by atoms with van der Waals surface area (Å²) in [4.78, 5) is 8.01. The standard InChI is InChI=1S/C4H9FNO5PS/c1-2-3-4-11-13(9,10)6-12(5,7)8/h2-3H,4H2,1H3,(H2,6,7,8)/b3-2-. The van der Waals surface area contributed by atoms with E-state index in [2.05, 4.69) is 4.18 Å². The summed E-state index contributed by atoms with van der Waals surface area (Å²) >= 11 is 0. The highest BCUT2D eigenvalue weighted by Gasteiger charge is 2.25. The van der Waals surface area contributed by atoms with Gasteiger partial charge in [0, 0.05) is 0 Å². The van der Waals surface area contributed by atoms with Crippen molar-refractivity contribution in [1.82, 2.24) is 4.49 Å². The highest BCUT2D eigenvalue weighted by Crippen LogP contribution is 2.37. The lowest BCUT2D eigenvalue weighted by molar-refractivity contribution is 0.348. The van der Waals surface area contributed by atoms with Crippen molar-refractivity contribution in [1.29, 1.82) is 0 Å². The summed E-state index contributed by atoms with van der Waals surface area (Å²) in [6, 6.07) is 0. The van der Waals surface area contributed by atoms with Crippen molar-refractivity contribution < 1.29 is 26.3 Å². The molecule has 0 aromatic rings. The van der Waals surface area contributed by atoms with Gasteiger partial charge in [-0.25, -0.2) is 4.57 Å². The van der Waals surface area contributed by atoms with E-state index in [1.807, 2.05) is 0 Å². The van der Waals surface area contributed by atoms with Crippen molar-refractivity contribution in [2.45, 2.75) is 6.92 Å². The molecule has 1 unspecified atom stereocenters. The molecule has 0 spiro atoms. The minimum absolute atomic E-state index is 0.328. The van der Waals surface area contributed by atoms with Crippen LogP contribution in [0.1, 0.15) is 6.92 Å². The summed E-state index contributed by atoms with van der Waals surface area (Å²) < 4.78 is 47.9. The average Bonchev–Trinajstić information content (AvgIpc) is 1.81. The molecule has 9 heteroatoms. The zero-order valence-corrected chi connectivity index (χ0v) is 8.39. The van der Waals surface area contributed by atoms with Gasteiger partial charge < -0.3 is 4.89 Å². The topological polar surface area (TPSA) is 92.7 Å². The van der Waals surface area contributed by atoms with Gasteiger partial charge in [-0.1, -0.05) is 16.6 Å². The molecule has 1 atom stereocenters. The molecule has 0 bridgehead atoms. The second-order valence-electron chi connectivity index (χ2n) is 1.90. The van der Waals surface area contributed by atoms with Gasteiger partial charge >= 0.3 is 18.1 Å². The predicted octanol–water partition coefficient (Wildman–Crippen LogP) is 0.483. The maximum Gasteiger partial charge on any atom is 0.455 e. The Hall–Kier alpha value is -0.270. The summed E-state index contributed by atoms with van der Waals surface area (Å²) in [5.41, 5.74) is 0. The molecular formula is C4H9FNO5PS. The Labute approximate surface area is 75.3 Å². The van der Waals surface area contributed by atoms with E-state index >= 15 is 0 Å². The van der Waals surface area contributed by atoms with E-state index in [9.17, 15) is 17.2 Å². The Bertz CT molecular complexity index is 319. The van der Waals surface area contributed by atoms with Gasteiger partial charge in [0.25, 0.3) is 0 Å². The van der Waals surface area contributed by atoms with Gasteiger partial charge in [-0.2, -0.15) is 8.42 Å².